The molecule has 0 aliphatic carbocycles. The molecule has 1 saturated heterocycles. The van der Waals surface area contributed by atoms with E-state index >= 15 is 0 Å². The first-order valence-electron chi connectivity index (χ1n) is 6.87. The number of amides is 1. The fraction of sp³-hybridized carbons (Fsp3) is 0.467. The van der Waals surface area contributed by atoms with Crippen molar-refractivity contribution in [1.29, 1.82) is 0 Å². The van der Waals surface area contributed by atoms with Gasteiger partial charge in [0.2, 0.25) is 0 Å². The van der Waals surface area contributed by atoms with E-state index in [0.29, 0.717) is 19.7 Å². The Balaban J connectivity index is 2.07. The molecule has 1 atom stereocenters. The van der Waals surface area contributed by atoms with Crippen molar-refractivity contribution < 1.29 is 19.4 Å². The van der Waals surface area contributed by atoms with Crippen molar-refractivity contribution in [2.24, 2.45) is 5.92 Å². The summed E-state index contributed by atoms with van der Waals surface area (Å²) in [4.78, 5) is 25.7. The number of likely N-dealkylation sites (tertiary alicyclic amines) is 1. The molecule has 0 spiro atoms. The van der Waals surface area contributed by atoms with Gasteiger partial charge in [-0.2, -0.15) is 0 Å². The smallest absolute Gasteiger partial charge is 0.310 e. The minimum atomic E-state index is -0.265. The molecule has 1 aliphatic heterocycles. The molecule has 1 aliphatic rings. The molecule has 0 aromatic heterocycles. The first-order chi connectivity index (χ1) is 9.63. The van der Waals surface area contributed by atoms with E-state index in [9.17, 15) is 14.7 Å². The van der Waals surface area contributed by atoms with Gasteiger partial charge in [0.25, 0.3) is 5.91 Å². The van der Waals surface area contributed by atoms with Crippen molar-refractivity contribution in [3.63, 3.8) is 0 Å². The second kappa shape index (κ2) is 6.41. The lowest BCUT2D eigenvalue weighted by Crippen LogP contribution is -2.42. The first-order valence-corrected chi connectivity index (χ1v) is 6.87. The molecule has 2 rings (SSSR count). The van der Waals surface area contributed by atoms with Crippen molar-refractivity contribution >= 4 is 11.9 Å². The van der Waals surface area contributed by atoms with Crippen LogP contribution in [0.3, 0.4) is 0 Å². The number of phenolic OH excluding ortho intramolecular Hbond substituents is 1. The number of para-hydroxylation sites is 1. The average molecular weight is 277 g/mol. The van der Waals surface area contributed by atoms with E-state index in [-0.39, 0.29) is 29.1 Å². The summed E-state index contributed by atoms with van der Waals surface area (Å²) in [6.45, 7) is 3.07. The van der Waals surface area contributed by atoms with Crippen LogP contribution in [-0.4, -0.2) is 41.6 Å². The highest BCUT2D eigenvalue weighted by atomic mass is 16.5. The highest BCUT2D eigenvalue weighted by Gasteiger charge is 2.30. The molecule has 1 aromatic carbocycles. The van der Waals surface area contributed by atoms with Gasteiger partial charge in [-0.25, -0.2) is 0 Å². The Kier molecular flexibility index (Phi) is 4.61. The number of ether oxygens (including phenoxy) is 1. The van der Waals surface area contributed by atoms with Crippen LogP contribution in [0.1, 0.15) is 30.1 Å². The zero-order chi connectivity index (χ0) is 14.5. The number of esters is 1. The van der Waals surface area contributed by atoms with Crippen molar-refractivity contribution in [1.82, 2.24) is 4.90 Å². The van der Waals surface area contributed by atoms with E-state index in [2.05, 4.69) is 0 Å². The van der Waals surface area contributed by atoms with Gasteiger partial charge in [0, 0.05) is 13.1 Å². The molecule has 1 N–H and O–H groups in total. The number of aromatic hydroxyl groups is 1. The number of phenols is 1. The second-order valence-corrected chi connectivity index (χ2v) is 4.86. The van der Waals surface area contributed by atoms with Crippen molar-refractivity contribution in [3.8, 4) is 5.75 Å². The molecule has 1 aromatic rings. The molecule has 0 bridgehead atoms. The van der Waals surface area contributed by atoms with Gasteiger partial charge in [0.05, 0.1) is 18.1 Å². The average Bonchev–Trinajstić information content (AvgIpc) is 2.47. The maximum atomic E-state index is 12.4. The summed E-state index contributed by atoms with van der Waals surface area (Å²) >= 11 is 0. The van der Waals surface area contributed by atoms with Crippen LogP contribution in [0.25, 0.3) is 0 Å². The number of rotatable bonds is 3. The number of benzene rings is 1. The molecule has 20 heavy (non-hydrogen) atoms. The van der Waals surface area contributed by atoms with E-state index in [1.165, 1.54) is 6.07 Å². The lowest BCUT2D eigenvalue weighted by molar-refractivity contribution is -0.149. The lowest BCUT2D eigenvalue weighted by atomic mass is 9.97. The fourth-order valence-corrected chi connectivity index (χ4v) is 2.44. The normalized spacial score (nSPS) is 18.6. The lowest BCUT2D eigenvalue weighted by Gasteiger charge is -2.31. The first kappa shape index (κ1) is 14.4. The number of carbonyl (C=O) groups excluding carboxylic acids is 2. The van der Waals surface area contributed by atoms with Gasteiger partial charge in [-0.1, -0.05) is 12.1 Å². The van der Waals surface area contributed by atoms with Gasteiger partial charge in [-0.3, -0.25) is 9.59 Å². The monoisotopic (exact) mass is 277 g/mol. The minimum Gasteiger partial charge on any atom is -0.507 e. The third-order valence-corrected chi connectivity index (χ3v) is 3.46. The Morgan fingerprint density at radius 2 is 2.15 bits per heavy atom. The summed E-state index contributed by atoms with van der Waals surface area (Å²) in [6.07, 6.45) is 1.51. The number of nitrogens with zero attached hydrogens (tertiary/aromatic N) is 1. The summed E-state index contributed by atoms with van der Waals surface area (Å²) in [5.74, 6) is -0.784. The summed E-state index contributed by atoms with van der Waals surface area (Å²) in [6, 6.07) is 6.45. The summed E-state index contributed by atoms with van der Waals surface area (Å²) in [5, 5.41) is 9.73. The molecule has 5 heteroatoms. The van der Waals surface area contributed by atoms with Gasteiger partial charge in [0.1, 0.15) is 5.75 Å². The number of hydrogen-bond acceptors (Lipinski definition) is 4. The van der Waals surface area contributed by atoms with Crippen LogP contribution < -0.4 is 0 Å². The molecular weight excluding hydrogens is 258 g/mol. The molecule has 0 radical (unpaired) electrons. The van der Waals surface area contributed by atoms with Crippen molar-refractivity contribution in [2.45, 2.75) is 19.8 Å². The third kappa shape index (κ3) is 3.10. The number of piperidine rings is 1. The standard InChI is InChI=1S/C15H19NO4/c1-2-20-15(19)11-6-5-9-16(10-11)14(18)12-7-3-4-8-13(12)17/h3-4,7-8,11,17H,2,5-6,9-10H2,1H3/t11-/m0/s1. The molecule has 1 amide bonds. The van der Waals surface area contributed by atoms with Crippen LogP contribution >= 0.6 is 0 Å². The number of hydrogen-bond donors (Lipinski definition) is 1. The zero-order valence-electron chi connectivity index (χ0n) is 11.5. The predicted molar refractivity (Wildman–Crippen MR) is 73.4 cm³/mol. The van der Waals surface area contributed by atoms with Crippen molar-refractivity contribution in [2.75, 3.05) is 19.7 Å². The molecule has 1 fully saturated rings. The topological polar surface area (TPSA) is 66.8 Å². The van der Waals surface area contributed by atoms with E-state index in [1.807, 2.05) is 0 Å². The van der Waals surface area contributed by atoms with E-state index in [4.69, 9.17) is 4.74 Å². The van der Waals surface area contributed by atoms with Crippen LogP contribution in [0.2, 0.25) is 0 Å². The Hall–Kier alpha value is -2.04. The molecule has 0 saturated carbocycles. The summed E-state index contributed by atoms with van der Waals surface area (Å²) < 4.78 is 5.01. The second-order valence-electron chi connectivity index (χ2n) is 4.86. The highest BCUT2D eigenvalue weighted by molar-refractivity contribution is 5.97. The molecule has 5 nitrogen and oxygen atoms in total. The van der Waals surface area contributed by atoms with Crippen LogP contribution in [0, 0.1) is 5.92 Å². The van der Waals surface area contributed by atoms with Gasteiger partial charge in [0.15, 0.2) is 0 Å². The minimum absolute atomic E-state index is 0.0317. The molecular formula is C15H19NO4. The van der Waals surface area contributed by atoms with Gasteiger partial charge < -0.3 is 14.7 Å². The Morgan fingerprint density at radius 3 is 2.85 bits per heavy atom. The highest BCUT2D eigenvalue weighted by Crippen LogP contribution is 2.23. The maximum Gasteiger partial charge on any atom is 0.310 e. The van der Waals surface area contributed by atoms with Crippen LogP contribution in [0.15, 0.2) is 24.3 Å². The zero-order valence-corrected chi connectivity index (χ0v) is 11.5. The van der Waals surface area contributed by atoms with E-state index < -0.39 is 0 Å². The van der Waals surface area contributed by atoms with E-state index in [1.54, 1.807) is 30.0 Å². The van der Waals surface area contributed by atoms with E-state index in [0.717, 1.165) is 12.8 Å². The third-order valence-electron chi connectivity index (χ3n) is 3.46. The Morgan fingerprint density at radius 1 is 1.40 bits per heavy atom. The van der Waals surface area contributed by atoms with Gasteiger partial charge in [-0.05, 0) is 31.9 Å². The Bertz CT molecular complexity index is 500. The van der Waals surface area contributed by atoms with Gasteiger partial charge in [-0.15, -0.1) is 0 Å². The Labute approximate surface area is 118 Å². The molecule has 108 valence electrons. The van der Waals surface area contributed by atoms with Gasteiger partial charge >= 0.3 is 5.97 Å². The molecule has 0 unspecified atom stereocenters. The quantitative estimate of drug-likeness (QED) is 0.856. The fourth-order valence-electron chi connectivity index (χ4n) is 2.44. The SMILES string of the molecule is CCOC(=O)[C@H]1CCCN(C(=O)c2ccccc2O)C1. The van der Waals surface area contributed by atoms with Crippen LogP contribution in [-0.2, 0) is 9.53 Å². The maximum absolute atomic E-state index is 12.4. The molecule has 1 heterocycles. The predicted octanol–water partition coefficient (Wildman–Crippen LogP) is 1.81. The largest absolute Gasteiger partial charge is 0.507 e. The van der Waals surface area contributed by atoms with Crippen molar-refractivity contribution in [3.05, 3.63) is 29.8 Å². The van der Waals surface area contributed by atoms with Crippen LogP contribution in [0.5, 0.6) is 5.75 Å². The van der Waals surface area contributed by atoms with Crippen LogP contribution in [0.4, 0.5) is 0 Å². The number of carbonyl (C=O) groups is 2. The summed E-state index contributed by atoms with van der Waals surface area (Å²) in [7, 11) is 0. The summed E-state index contributed by atoms with van der Waals surface area (Å²) in [5.41, 5.74) is 0.275.